The van der Waals surface area contributed by atoms with Crippen LogP contribution in [-0.4, -0.2) is 0 Å². The minimum absolute atomic E-state index is 0.483. The van der Waals surface area contributed by atoms with Gasteiger partial charge in [0.15, 0.2) is 0 Å². The van der Waals surface area contributed by atoms with Crippen molar-refractivity contribution in [3.63, 3.8) is 0 Å². The first kappa shape index (κ1) is 9.15. The van der Waals surface area contributed by atoms with E-state index in [4.69, 9.17) is 5.90 Å². The van der Waals surface area contributed by atoms with Gasteiger partial charge < -0.3 is 0 Å². The maximum atomic E-state index is 5.01. The lowest BCUT2D eigenvalue weighted by atomic mass is 10.2. The topological polar surface area (TPSA) is 35.2 Å². The fourth-order valence-corrected chi connectivity index (χ4v) is 2.75. The highest BCUT2D eigenvalue weighted by Crippen LogP contribution is 2.28. The van der Waals surface area contributed by atoms with Gasteiger partial charge in [0.05, 0.1) is 0 Å². The third-order valence-corrected chi connectivity index (χ3v) is 3.32. The smallest absolute Gasteiger partial charge is 0.102 e. The Balaban J connectivity index is 2.49. The van der Waals surface area contributed by atoms with E-state index in [1.165, 1.54) is 10.1 Å². The zero-order valence-corrected chi connectivity index (χ0v) is 9.19. The van der Waals surface area contributed by atoms with E-state index in [-0.39, 0.29) is 0 Å². The maximum absolute atomic E-state index is 5.01. The van der Waals surface area contributed by atoms with Crippen LogP contribution in [0.25, 0.3) is 10.1 Å². The molecular formula is C9H8BrNOS. The molecule has 4 heteroatoms. The highest BCUT2D eigenvalue weighted by atomic mass is 79.9. The summed E-state index contributed by atoms with van der Waals surface area (Å²) in [6.07, 6.45) is 0. The van der Waals surface area contributed by atoms with E-state index in [9.17, 15) is 0 Å². The maximum Gasteiger partial charge on any atom is 0.102 e. The Kier molecular flexibility index (Phi) is 2.64. The Labute approximate surface area is 88.4 Å². The molecule has 1 aromatic carbocycles. The molecule has 0 spiro atoms. The van der Waals surface area contributed by atoms with Gasteiger partial charge in [-0.1, -0.05) is 22.0 Å². The normalized spacial score (nSPS) is 10.9. The quantitative estimate of drug-likeness (QED) is 0.840. The third kappa shape index (κ3) is 1.91. The predicted molar refractivity (Wildman–Crippen MR) is 58.5 cm³/mol. The van der Waals surface area contributed by atoms with E-state index in [1.807, 2.05) is 6.07 Å². The van der Waals surface area contributed by atoms with Crippen LogP contribution in [0.1, 0.15) is 4.88 Å². The molecule has 2 nitrogen and oxygen atoms in total. The monoisotopic (exact) mass is 257 g/mol. The molecule has 0 aliphatic rings. The van der Waals surface area contributed by atoms with Crippen molar-refractivity contribution in [3.8, 4) is 0 Å². The van der Waals surface area contributed by atoms with Gasteiger partial charge in [0.25, 0.3) is 0 Å². The van der Waals surface area contributed by atoms with Gasteiger partial charge in [-0.25, -0.2) is 5.90 Å². The zero-order valence-electron chi connectivity index (χ0n) is 6.79. The van der Waals surface area contributed by atoms with Crippen LogP contribution in [0.3, 0.4) is 0 Å². The number of fused-ring (bicyclic) bond motifs is 1. The second kappa shape index (κ2) is 3.75. The standard InChI is InChI=1S/C9H8BrNOS/c10-7-2-1-6-3-8(5-12-11)13-9(6)4-7/h1-4H,5,11H2. The molecule has 0 atom stereocenters. The molecule has 2 N–H and O–H groups in total. The van der Waals surface area contributed by atoms with Crippen molar-refractivity contribution in [2.45, 2.75) is 6.61 Å². The first-order valence-electron chi connectivity index (χ1n) is 3.79. The summed E-state index contributed by atoms with van der Waals surface area (Å²) in [5.74, 6) is 5.01. The number of benzene rings is 1. The summed E-state index contributed by atoms with van der Waals surface area (Å²) >= 11 is 5.13. The Morgan fingerprint density at radius 2 is 2.23 bits per heavy atom. The van der Waals surface area contributed by atoms with Gasteiger partial charge in [-0.2, -0.15) is 0 Å². The first-order chi connectivity index (χ1) is 6.29. The van der Waals surface area contributed by atoms with Crippen molar-refractivity contribution >= 4 is 37.4 Å². The molecule has 2 aromatic rings. The summed E-state index contributed by atoms with van der Waals surface area (Å²) in [6, 6.07) is 8.30. The minimum Gasteiger partial charge on any atom is -0.299 e. The lowest BCUT2D eigenvalue weighted by Gasteiger charge is -1.89. The lowest BCUT2D eigenvalue weighted by Crippen LogP contribution is -1.96. The minimum atomic E-state index is 0.483. The molecule has 0 bridgehead atoms. The van der Waals surface area contributed by atoms with Crippen molar-refractivity contribution in [1.82, 2.24) is 0 Å². The van der Waals surface area contributed by atoms with Crippen LogP contribution < -0.4 is 5.90 Å². The largest absolute Gasteiger partial charge is 0.299 e. The Morgan fingerprint density at radius 3 is 3.00 bits per heavy atom. The van der Waals surface area contributed by atoms with E-state index >= 15 is 0 Å². The van der Waals surface area contributed by atoms with E-state index in [2.05, 4.69) is 39.0 Å². The molecule has 0 fully saturated rings. The van der Waals surface area contributed by atoms with Gasteiger partial charge in [-0.15, -0.1) is 11.3 Å². The van der Waals surface area contributed by atoms with E-state index in [0.29, 0.717) is 6.61 Å². The zero-order chi connectivity index (χ0) is 9.26. The summed E-state index contributed by atoms with van der Waals surface area (Å²) in [7, 11) is 0. The van der Waals surface area contributed by atoms with Gasteiger partial charge in [0.1, 0.15) is 6.61 Å². The lowest BCUT2D eigenvalue weighted by molar-refractivity contribution is 0.126. The van der Waals surface area contributed by atoms with Crippen LogP contribution in [0.15, 0.2) is 28.7 Å². The molecule has 0 saturated carbocycles. The van der Waals surface area contributed by atoms with Crippen molar-refractivity contribution in [1.29, 1.82) is 0 Å². The summed E-state index contributed by atoms with van der Waals surface area (Å²) in [5.41, 5.74) is 0. The summed E-state index contributed by atoms with van der Waals surface area (Å²) in [5, 5.41) is 1.24. The highest BCUT2D eigenvalue weighted by molar-refractivity contribution is 9.10. The molecule has 2 rings (SSSR count). The fourth-order valence-electron chi connectivity index (χ4n) is 1.21. The molecule has 68 valence electrons. The van der Waals surface area contributed by atoms with Crippen LogP contribution in [0.5, 0.6) is 0 Å². The number of hydrogen-bond acceptors (Lipinski definition) is 3. The van der Waals surface area contributed by atoms with Gasteiger partial charge in [-0.05, 0) is 23.6 Å². The van der Waals surface area contributed by atoms with Crippen molar-refractivity contribution in [2.75, 3.05) is 0 Å². The first-order valence-corrected chi connectivity index (χ1v) is 5.40. The Bertz CT molecular complexity index is 426. The summed E-state index contributed by atoms with van der Waals surface area (Å²) < 4.78 is 2.35. The molecule has 0 radical (unpaired) electrons. The SMILES string of the molecule is NOCc1cc2ccc(Br)cc2s1. The second-order valence-corrected chi connectivity index (χ2v) is 4.79. The van der Waals surface area contributed by atoms with Crippen LogP contribution in [-0.2, 0) is 11.4 Å². The van der Waals surface area contributed by atoms with Crippen LogP contribution in [0, 0.1) is 0 Å². The molecule has 0 aliphatic carbocycles. The summed E-state index contributed by atoms with van der Waals surface area (Å²) in [4.78, 5) is 5.74. The molecule has 0 unspecified atom stereocenters. The van der Waals surface area contributed by atoms with Gasteiger partial charge >= 0.3 is 0 Å². The average molecular weight is 258 g/mol. The fraction of sp³-hybridized carbons (Fsp3) is 0.111. The Morgan fingerprint density at radius 1 is 1.38 bits per heavy atom. The summed E-state index contributed by atoms with van der Waals surface area (Å²) in [6.45, 7) is 0.483. The van der Waals surface area contributed by atoms with Gasteiger partial charge in [0.2, 0.25) is 0 Å². The molecule has 1 heterocycles. The molecule has 13 heavy (non-hydrogen) atoms. The number of halogens is 1. The Hall–Kier alpha value is -0.420. The number of rotatable bonds is 2. The number of thiophene rings is 1. The van der Waals surface area contributed by atoms with E-state index in [1.54, 1.807) is 11.3 Å². The highest BCUT2D eigenvalue weighted by Gasteiger charge is 2.01. The average Bonchev–Trinajstić information content (AvgIpc) is 2.46. The van der Waals surface area contributed by atoms with Crippen LogP contribution in [0.2, 0.25) is 0 Å². The molecular weight excluding hydrogens is 250 g/mol. The molecule has 0 saturated heterocycles. The van der Waals surface area contributed by atoms with Crippen molar-refractivity contribution in [2.24, 2.45) is 5.90 Å². The third-order valence-electron chi connectivity index (χ3n) is 1.76. The number of nitrogens with two attached hydrogens (primary N) is 1. The molecule has 0 aliphatic heterocycles. The molecule has 1 aromatic heterocycles. The van der Waals surface area contributed by atoms with Crippen molar-refractivity contribution < 1.29 is 4.84 Å². The van der Waals surface area contributed by atoms with E-state index < -0.39 is 0 Å². The van der Waals surface area contributed by atoms with Crippen LogP contribution in [0.4, 0.5) is 0 Å². The van der Waals surface area contributed by atoms with E-state index in [0.717, 1.165) is 9.35 Å². The predicted octanol–water partition coefficient (Wildman–Crippen LogP) is 3.05. The van der Waals surface area contributed by atoms with Crippen molar-refractivity contribution in [3.05, 3.63) is 33.6 Å². The second-order valence-electron chi connectivity index (χ2n) is 2.71. The van der Waals surface area contributed by atoms with Crippen LogP contribution >= 0.6 is 27.3 Å². The van der Waals surface area contributed by atoms with Gasteiger partial charge in [0, 0.05) is 14.0 Å². The number of hydrogen-bond donors (Lipinski definition) is 1. The van der Waals surface area contributed by atoms with Gasteiger partial charge in [-0.3, -0.25) is 4.84 Å². The molecule has 0 amide bonds.